The summed E-state index contributed by atoms with van der Waals surface area (Å²) in [6.45, 7) is -0.155. The van der Waals surface area contributed by atoms with Gasteiger partial charge in [0.1, 0.15) is 11.7 Å². The van der Waals surface area contributed by atoms with Crippen LogP contribution in [0, 0.1) is 10.1 Å². The van der Waals surface area contributed by atoms with Gasteiger partial charge in [0, 0.05) is 4.92 Å². The van der Waals surface area contributed by atoms with Crippen molar-refractivity contribution in [3.05, 3.63) is 70.2 Å². The van der Waals surface area contributed by atoms with Gasteiger partial charge in [-0.15, -0.1) is 0 Å². The Morgan fingerprint density at radius 2 is 1.94 bits per heavy atom. The lowest BCUT2D eigenvalue weighted by Gasteiger charge is -2.09. The van der Waals surface area contributed by atoms with Crippen LogP contribution in [0.1, 0.15) is 17.2 Å². The fraction of sp³-hybridized carbons (Fsp3) is 0.167. The number of rotatable bonds is 4. The summed E-state index contributed by atoms with van der Waals surface area (Å²) < 4.78 is 5.25. The molecule has 1 aromatic heterocycles. The molecule has 2 rings (SSSR count). The first kappa shape index (κ1) is 10.4. The maximum Gasteiger partial charge on any atom is 0.217 e. The van der Waals surface area contributed by atoms with Crippen molar-refractivity contribution in [1.82, 2.24) is 0 Å². The molecule has 16 heavy (non-hydrogen) atoms. The summed E-state index contributed by atoms with van der Waals surface area (Å²) in [5, 5.41) is 10.6. The van der Waals surface area contributed by atoms with Crippen molar-refractivity contribution >= 4 is 0 Å². The molecule has 1 heterocycles. The molecule has 0 saturated carbocycles. The Morgan fingerprint density at radius 1 is 1.19 bits per heavy atom. The lowest BCUT2D eigenvalue weighted by atomic mass is 9.97. The number of hydrogen-bond donors (Lipinski definition) is 0. The van der Waals surface area contributed by atoms with E-state index in [1.807, 2.05) is 30.3 Å². The summed E-state index contributed by atoms with van der Waals surface area (Å²) in [5.74, 6) is 0.314. The molecule has 1 unspecified atom stereocenters. The lowest BCUT2D eigenvalue weighted by Crippen LogP contribution is -2.13. The molecule has 1 atom stereocenters. The summed E-state index contributed by atoms with van der Waals surface area (Å²) in [6, 6.07) is 12.9. The molecule has 4 nitrogen and oxygen atoms in total. The second-order valence-electron chi connectivity index (χ2n) is 3.49. The van der Waals surface area contributed by atoms with Crippen molar-refractivity contribution in [2.24, 2.45) is 0 Å². The van der Waals surface area contributed by atoms with Gasteiger partial charge in [-0.3, -0.25) is 10.1 Å². The van der Waals surface area contributed by atoms with E-state index in [1.165, 1.54) is 6.26 Å². The molecular formula is C12H11NO3. The molecule has 0 amide bonds. The van der Waals surface area contributed by atoms with Crippen LogP contribution in [0.5, 0.6) is 0 Å². The van der Waals surface area contributed by atoms with Gasteiger partial charge in [-0.1, -0.05) is 30.3 Å². The van der Waals surface area contributed by atoms with E-state index in [9.17, 15) is 10.1 Å². The van der Waals surface area contributed by atoms with E-state index in [1.54, 1.807) is 12.1 Å². The molecule has 0 radical (unpaired) electrons. The van der Waals surface area contributed by atoms with E-state index < -0.39 is 0 Å². The van der Waals surface area contributed by atoms with Gasteiger partial charge in [-0.25, -0.2) is 0 Å². The zero-order chi connectivity index (χ0) is 11.4. The van der Waals surface area contributed by atoms with Crippen LogP contribution in [-0.2, 0) is 0 Å². The normalized spacial score (nSPS) is 12.2. The number of hydrogen-bond acceptors (Lipinski definition) is 3. The van der Waals surface area contributed by atoms with E-state index in [4.69, 9.17) is 4.42 Å². The molecule has 0 N–H and O–H groups in total. The third kappa shape index (κ3) is 2.28. The van der Waals surface area contributed by atoms with Crippen LogP contribution in [0.3, 0.4) is 0 Å². The maximum absolute atomic E-state index is 10.6. The Balaban J connectivity index is 2.32. The molecule has 4 heteroatoms. The minimum absolute atomic E-state index is 0.155. The zero-order valence-corrected chi connectivity index (χ0v) is 8.58. The summed E-state index contributed by atoms with van der Waals surface area (Å²) in [6.07, 6.45) is 1.53. The van der Waals surface area contributed by atoms with Gasteiger partial charge in [0.15, 0.2) is 0 Å². The van der Waals surface area contributed by atoms with E-state index in [0.717, 1.165) is 5.56 Å². The summed E-state index contributed by atoms with van der Waals surface area (Å²) in [4.78, 5) is 10.3. The summed E-state index contributed by atoms with van der Waals surface area (Å²) in [5.41, 5.74) is 0.897. The van der Waals surface area contributed by atoms with Crippen LogP contribution in [0.2, 0.25) is 0 Å². The van der Waals surface area contributed by atoms with Gasteiger partial charge in [0.05, 0.1) is 6.26 Å². The van der Waals surface area contributed by atoms with Gasteiger partial charge >= 0.3 is 0 Å². The molecule has 2 aromatic rings. The van der Waals surface area contributed by atoms with Crippen LogP contribution >= 0.6 is 0 Å². The van der Waals surface area contributed by atoms with Crippen molar-refractivity contribution in [3.8, 4) is 0 Å². The predicted octanol–water partition coefficient (Wildman–Crippen LogP) is 2.69. The fourth-order valence-corrected chi connectivity index (χ4v) is 1.68. The quantitative estimate of drug-likeness (QED) is 0.584. The Hall–Kier alpha value is -2.10. The van der Waals surface area contributed by atoms with Crippen LogP contribution < -0.4 is 0 Å². The molecule has 0 aliphatic heterocycles. The molecule has 0 bridgehead atoms. The molecule has 1 aromatic carbocycles. The van der Waals surface area contributed by atoms with E-state index in [-0.39, 0.29) is 17.4 Å². The Morgan fingerprint density at radius 3 is 2.50 bits per heavy atom. The highest BCUT2D eigenvalue weighted by Gasteiger charge is 2.22. The molecule has 0 aliphatic rings. The minimum atomic E-state index is -0.319. The second kappa shape index (κ2) is 4.61. The average Bonchev–Trinajstić information content (AvgIpc) is 2.80. The van der Waals surface area contributed by atoms with Gasteiger partial charge in [0.25, 0.3) is 0 Å². The van der Waals surface area contributed by atoms with Crippen LogP contribution in [0.15, 0.2) is 53.1 Å². The monoisotopic (exact) mass is 217 g/mol. The third-order valence-corrected chi connectivity index (χ3v) is 2.42. The standard InChI is InChI=1S/C12H11NO3/c14-13(15)9-11(12-7-4-8-16-12)10-5-2-1-3-6-10/h1-8,11H,9H2. The highest BCUT2D eigenvalue weighted by atomic mass is 16.6. The molecule has 82 valence electrons. The molecule has 0 fully saturated rings. The molecular weight excluding hydrogens is 206 g/mol. The molecule has 0 spiro atoms. The van der Waals surface area contributed by atoms with Crippen LogP contribution in [0.4, 0.5) is 0 Å². The zero-order valence-electron chi connectivity index (χ0n) is 8.58. The van der Waals surface area contributed by atoms with Crippen molar-refractivity contribution in [3.63, 3.8) is 0 Å². The topological polar surface area (TPSA) is 56.3 Å². The van der Waals surface area contributed by atoms with Gasteiger partial charge in [0.2, 0.25) is 6.54 Å². The first-order valence-corrected chi connectivity index (χ1v) is 4.97. The van der Waals surface area contributed by atoms with Crippen molar-refractivity contribution in [2.75, 3.05) is 6.54 Å². The van der Waals surface area contributed by atoms with Crippen LogP contribution in [-0.4, -0.2) is 11.5 Å². The van der Waals surface area contributed by atoms with Crippen molar-refractivity contribution in [1.29, 1.82) is 0 Å². The maximum atomic E-state index is 10.6. The van der Waals surface area contributed by atoms with Gasteiger partial charge in [-0.05, 0) is 17.7 Å². The SMILES string of the molecule is O=[N+]([O-])CC(c1ccccc1)c1ccco1. The minimum Gasteiger partial charge on any atom is -0.468 e. The molecule has 0 aliphatic carbocycles. The Labute approximate surface area is 92.7 Å². The fourth-order valence-electron chi connectivity index (χ4n) is 1.68. The lowest BCUT2D eigenvalue weighted by molar-refractivity contribution is -0.482. The van der Waals surface area contributed by atoms with Gasteiger partial charge < -0.3 is 4.42 Å². The van der Waals surface area contributed by atoms with E-state index in [0.29, 0.717) is 5.76 Å². The first-order valence-electron chi connectivity index (χ1n) is 4.97. The number of benzene rings is 1. The predicted molar refractivity (Wildman–Crippen MR) is 58.9 cm³/mol. The highest BCUT2D eigenvalue weighted by Crippen LogP contribution is 2.24. The van der Waals surface area contributed by atoms with Gasteiger partial charge in [-0.2, -0.15) is 0 Å². The van der Waals surface area contributed by atoms with Crippen molar-refractivity contribution < 1.29 is 9.34 Å². The highest BCUT2D eigenvalue weighted by molar-refractivity contribution is 5.27. The van der Waals surface area contributed by atoms with Crippen molar-refractivity contribution in [2.45, 2.75) is 5.92 Å². The summed E-state index contributed by atoms with van der Waals surface area (Å²) >= 11 is 0. The largest absolute Gasteiger partial charge is 0.468 e. The number of nitrogens with zero attached hydrogens (tertiary/aromatic N) is 1. The average molecular weight is 217 g/mol. The van der Waals surface area contributed by atoms with E-state index >= 15 is 0 Å². The smallest absolute Gasteiger partial charge is 0.217 e. The van der Waals surface area contributed by atoms with Crippen LogP contribution in [0.25, 0.3) is 0 Å². The first-order chi connectivity index (χ1) is 7.77. The van der Waals surface area contributed by atoms with E-state index in [2.05, 4.69) is 0 Å². The second-order valence-corrected chi connectivity index (χ2v) is 3.49. The number of furan rings is 1. The summed E-state index contributed by atoms with van der Waals surface area (Å²) in [7, 11) is 0. The Bertz CT molecular complexity index is 450. The third-order valence-electron chi connectivity index (χ3n) is 2.42. The Kier molecular flexibility index (Phi) is 3.00. The number of nitro groups is 1. The molecule has 0 saturated heterocycles.